The van der Waals surface area contributed by atoms with Crippen molar-refractivity contribution < 1.29 is 4.79 Å². The van der Waals surface area contributed by atoms with E-state index in [0.717, 1.165) is 34.1 Å². The normalized spacial score (nSPS) is 12.4. The first-order valence-electron chi connectivity index (χ1n) is 7.67. The van der Waals surface area contributed by atoms with Gasteiger partial charge in [0.2, 0.25) is 5.91 Å². The smallest absolute Gasteiger partial charge is 0.220 e. The van der Waals surface area contributed by atoms with Gasteiger partial charge in [0.1, 0.15) is 0 Å². The molecule has 4 nitrogen and oxygen atoms in total. The van der Waals surface area contributed by atoms with Crippen LogP contribution < -0.4 is 5.32 Å². The lowest BCUT2D eigenvalue weighted by Crippen LogP contribution is -2.26. The predicted molar refractivity (Wildman–Crippen MR) is 96.0 cm³/mol. The van der Waals surface area contributed by atoms with Gasteiger partial charge in [0.05, 0.1) is 32.0 Å². The van der Waals surface area contributed by atoms with E-state index in [-0.39, 0.29) is 11.9 Å². The molecule has 2 aromatic heterocycles. The van der Waals surface area contributed by atoms with E-state index < -0.39 is 0 Å². The summed E-state index contributed by atoms with van der Waals surface area (Å²) in [6.07, 6.45) is 2.18. The Hall–Kier alpha value is -1.79. The van der Waals surface area contributed by atoms with Gasteiger partial charge in [-0.05, 0) is 38.8 Å². The molecule has 0 radical (unpaired) electrons. The summed E-state index contributed by atoms with van der Waals surface area (Å²) in [6, 6.07) is 8.11. The third kappa shape index (κ3) is 4.14. The number of aryl methyl sites for hydroxylation is 2. The molecule has 0 saturated heterocycles. The molecule has 0 aliphatic heterocycles. The molecule has 0 saturated carbocycles. The van der Waals surface area contributed by atoms with Gasteiger partial charge < -0.3 is 5.32 Å². The minimum absolute atomic E-state index is 0.0325. The Morgan fingerprint density at radius 1 is 1.30 bits per heavy atom. The number of carbonyl (C=O) groups excluding carboxylic acids is 1. The molecule has 0 aliphatic rings. The van der Waals surface area contributed by atoms with Crippen molar-refractivity contribution in [3.8, 4) is 0 Å². The number of thiazole rings is 2. The van der Waals surface area contributed by atoms with Gasteiger partial charge >= 0.3 is 0 Å². The third-order valence-electron chi connectivity index (χ3n) is 3.59. The number of carbonyl (C=O) groups is 1. The molecule has 2 heterocycles. The van der Waals surface area contributed by atoms with E-state index >= 15 is 0 Å². The van der Waals surface area contributed by atoms with Crippen molar-refractivity contribution in [2.45, 2.75) is 39.2 Å². The Balaban J connectivity index is 1.47. The Labute approximate surface area is 143 Å². The number of para-hydroxylation sites is 1. The van der Waals surface area contributed by atoms with Crippen LogP contribution in [0.3, 0.4) is 0 Å². The number of hydrogen-bond acceptors (Lipinski definition) is 5. The summed E-state index contributed by atoms with van der Waals surface area (Å²) in [5.41, 5.74) is 1.98. The Bertz CT molecular complexity index is 776. The molecule has 3 rings (SSSR count). The molecule has 1 unspecified atom stereocenters. The molecular weight excluding hydrogens is 326 g/mol. The highest BCUT2D eigenvalue weighted by molar-refractivity contribution is 7.18. The highest BCUT2D eigenvalue weighted by Crippen LogP contribution is 2.22. The summed E-state index contributed by atoms with van der Waals surface area (Å²) in [6.45, 7) is 3.95. The van der Waals surface area contributed by atoms with Crippen molar-refractivity contribution in [3.05, 3.63) is 45.4 Å². The van der Waals surface area contributed by atoms with Crippen molar-refractivity contribution >= 4 is 38.8 Å². The molecule has 0 aliphatic carbocycles. The van der Waals surface area contributed by atoms with Crippen LogP contribution in [0, 0.1) is 6.92 Å². The van der Waals surface area contributed by atoms with E-state index in [1.54, 1.807) is 22.7 Å². The van der Waals surface area contributed by atoms with Crippen LogP contribution in [0.1, 0.15) is 41.5 Å². The third-order valence-corrected chi connectivity index (χ3v) is 5.48. The van der Waals surface area contributed by atoms with E-state index in [9.17, 15) is 4.79 Å². The van der Waals surface area contributed by atoms with Crippen LogP contribution in [0.25, 0.3) is 10.2 Å². The van der Waals surface area contributed by atoms with Gasteiger partial charge in [-0.1, -0.05) is 12.1 Å². The largest absolute Gasteiger partial charge is 0.348 e. The lowest BCUT2D eigenvalue weighted by Gasteiger charge is -2.11. The molecule has 1 aromatic carbocycles. The summed E-state index contributed by atoms with van der Waals surface area (Å²) in [4.78, 5) is 21.1. The molecule has 0 spiro atoms. The number of nitrogens with one attached hydrogen (secondary N) is 1. The van der Waals surface area contributed by atoms with Crippen molar-refractivity contribution in [2.75, 3.05) is 0 Å². The van der Waals surface area contributed by atoms with E-state index in [1.807, 2.05) is 37.4 Å². The number of rotatable bonds is 6. The number of aromatic nitrogens is 2. The number of nitrogens with zero attached hydrogens (tertiary/aromatic N) is 2. The maximum atomic E-state index is 12.0. The quantitative estimate of drug-likeness (QED) is 0.726. The zero-order chi connectivity index (χ0) is 16.2. The fourth-order valence-corrected chi connectivity index (χ4v) is 4.11. The monoisotopic (exact) mass is 345 g/mol. The molecule has 1 amide bonds. The first-order valence-corrected chi connectivity index (χ1v) is 9.37. The number of benzene rings is 1. The second kappa shape index (κ2) is 7.19. The lowest BCUT2D eigenvalue weighted by molar-refractivity contribution is -0.121. The van der Waals surface area contributed by atoms with E-state index in [1.165, 1.54) is 4.70 Å². The highest BCUT2D eigenvalue weighted by atomic mass is 32.1. The van der Waals surface area contributed by atoms with Crippen LogP contribution in [0.2, 0.25) is 0 Å². The van der Waals surface area contributed by atoms with Crippen molar-refractivity contribution in [1.82, 2.24) is 15.3 Å². The molecule has 1 atom stereocenters. The van der Waals surface area contributed by atoms with Crippen LogP contribution in [0.15, 0.2) is 29.6 Å². The zero-order valence-corrected chi connectivity index (χ0v) is 14.8. The van der Waals surface area contributed by atoms with E-state index in [2.05, 4.69) is 21.4 Å². The van der Waals surface area contributed by atoms with Crippen molar-refractivity contribution in [1.29, 1.82) is 0 Å². The van der Waals surface area contributed by atoms with Gasteiger partial charge in [-0.2, -0.15) is 0 Å². The molecular formula is C17H19N3OS2. The van der Waals surface area contributed by atoms with Crippen molar-refractivity contribution in [2.24, 2.45) is 0 Å². The average Bonchev–Trinajstić information content (AvgIpc) is 3.12. The predicted octanol–water partition coefficient (Wildman–Crippen LogP) is 4.26. The van der Waals surface area contributed by atoms with Crippen LogP contribution >= 0.6 is 22.7 Å². The number of fused-ring (bicyclic) bond motifs is 1. The van der Waals surface area contributed by atoms with Crippen LogP contribution in [0.5, 0.6) is 0 Å². The molecule has 0 fully saturated rings. The maximum absolute atomic E-state index is 12.0. The molecule has 23 heavy (non-hydrogen) atoms. The number of amides is 1. The Kier molecular flexibility index (Phi) is 5.03. The van der Waals surface area contributed by atoms with Crippen LogP contribution in [0.4, 0.5) is 0 Å². The molecule has 0 bridgehead atoms. The summed E-state index contributed by atoms with van der Waals surface area (Å²) < 4.78 is 1.21. The summed E-state index contributed by atoms with van der Waals surface area (Å²) >= 11 is 3.32. The fraction of sp³-hybridized carbons (Fsp3) is 0.353. The van der Waals surface area contributed by atoms with Gasteiger partial charge in [-0.25, -0.2) is 9.97 Å². The van der Waals surface area contributed by atoms with Gasteiger partial charge in [0, 0.05) is 11.8 Å². The molecule has 6 heteroatoms. The lowest BCUT2D eigenvalue weighted by atomic mass is 10.2. The first kappa shape index (κ1) is 16.1. The Morgan fingerprint density at radius 3 is 2.87 bits per heavy atom. The summed E-state index contributed by atoms with van der Waals surface area (Å²) in [5.74, 6) is 0.0734. The summed E-state index contributed by atoms with van der Waals surface area (Å²) in [7, 11) is 0. The van der Waals surface area contributed by atoms with E-state index in [0.29, 0.717) is 6.42 Å². The summed E-state index contributed by atoms with van der Waals surface area (Å²) in [5, 5.41) is 7.14. The molecule has 1 N–H and O–H groups in total. The standard InChI is InChI=1S/C17H19N3OS2/c1-11(14-10-22-12(2)19-14)18-16(21)8-5-9-17-20-13-6-3-4-7-15(13)23-17/h3-4,6-7,10-11H,5,8-9H2,1-2H3,(H,18,21). The van der Waals surface area contributed by atoms with Gasteiger partial charge in [0.15, 0.2) is 0 Å². The van der Waals surface area contributed by atoms with Crippen LogP contribution in [-0.2, 0) is 11.2 Å². The zero-order valence-electron chi connectivity index (χ0n) is 13.2. The minimum atomic E-state index is -0.0325. The van der Waals surface area contributed by atoms with Crippen LogP contribution in [-0.4, -0.2) is 15.9 Å². The molecule has 3 aromatic rings. The van der Waals surface area contributed by atoms with E-state index in [4.69, 9.17) is 0 Å². The Morgan fingerprint density at radius 2 is 2.13 bits per heavy atom. The highest BCUT2D eigenvalue weighted by Gasteiger charge is 2.12. The minimum Gasteiger partial charge on any atom is -0.348 e. The number of hydrogen-bond donors (Lipinski definition) is 1. The maximum Gasteiger partial charge on any atom is 0.220 e. The SMILES string of the molecule is Cc1nc(C(C)NC(=O)CCCc2nc3ccccc3s2)cs1. The van der Waals surface area contributed by atoms with Gasteiger partial charge in [-0.15, -0.1) is 22.7 Å². The van der Waals surface area contributed by atoms with Gasteiger partial charge in [-0.3, -0.25) is 4.79 Å². The van der Waals surface area contributed by atoms with Gasteiger partial charge in [0.25, 0.3) is 0 Å². The second-order valence-electron chi connectivity index (χ2n) is 5.51. The fourth-order valence-electron chi connectivity index (χ4n) is 2.39. The topological polar surface area (TPSA) is 54.9 Å². The average molecular weight is 345 g/mol. The first-order chi connectivity index (χ1) is 11.1. The second-order valence-corrected chi connectivity index (χ2v) is 7.69. The molecule has 120 valence electrons. The van der Waals surface area contributed by atoms with Crippen molar-refractivity contribution in [3.63, 3.8) is 0 Å².